The molecular formula is C9H9NO6. The highest BCUT2D eigenvalue weighted by molar-refractivity contribution is 5.63. The van der Waals surface area contributed by atoms with Crippen LogP contribution in [-0.2, 0) is 0 Å². The SMILES string of the molecule is CCOc1ccc(OC(=O)O)cc1[N+](=O)[O-]. The number of carboxylic acid groups (broad SMARTS) is 1. The number of rotatable bonds is 4. The second-order valence-electron chi connectivity index (χ2n) is 2.69. The Labute approximate surface area is 90.4 Å². The molecule has 0 unspecified atom stereocenters. The Morgan fingerprint density at radius 2 is 2.25 bits per heavy atom. The van der Waals surface area contributed by atoms with Crippen LogP contribution >= 0.6 is 0 Å². The van der Waals surface area contributed by atoms with Gasteiger partial charge in [-0.05, 0) is 19.1 Å². The summed E-state index contributed by atoms with van der Waals surface area (Å²) >= 11 is 0. The molecule has 16 heavy (non-hydrogen) atoms. The third-order valence-electron chi connectivity index (χ3n) is 1.63. The predicted molar refractivity (Wildman–Crippen MR) is 52.9 cm³/mol. The van der Waals surface area contributed by atoms with Gasteiger partial charge >= 0.3 is 11.8 Å². The second kappa shape index (κ2) is 4.96. The van der Waals surface area contributed by atoms with Gasteiger partial charge in [-0.1, -0.05) is 0 Å². The zero-order chi connectivity index (χ0) is 12.1. The lowest BCUT2D eigenvalue weighted by Crippen LogP contribution is -2.04. The number of nitrogens with zero attached hydrogens (tertiary/aromatic N) is 1. The van der Waals surface area contributed by atoms with Crippen LogP contribution < -0.4 is 9.47 Å². The molecule has 0 aliphatic rings. The molecule has 1 aromatic rings. The lowest BCUT2D eigenvalue weighted by molar-refractivity contribution is -0.385. The van der Waals surface area contributed by atoms with E-state index in [2.05, 4.69) is 4.74 Å². The van der Waals surface area contributed by atoms with Crippen LogP contribution in [0, 0.1) is 10.1 Å². The van der Waals surface area contributed by atoms with Gasteiger partial charge in [0.15, 0.2) is 5.75 Å². The summed E-state index contributed by atoms with van der Waals surface area (Å²) in [5.41, 5.74) is -0.333. The van der Waals surface area contributed by atoms with Crippen molar-refractivity contribution in [2.24, 2.45) is 0 Å². The van der Waals surface area contributed by atoms with Crippen molar-refractivity contribution in [3.05, 3.63) is 28.3 Å². The zero-order valence-electron chi connectivity index (χ0n) is 8.37. The summed E-state index contributed by atoms with van der Waals surface area (Å²) in [5, 5.41) is 19.0. The van der Waals surface area contributed by atoms with E-state index in [0.717, 1.165) is 6.07 Å². The fourth-order valence-electron chi connectivity index (χ4n) is 1.08. The number of nitro benzene ring substituents is 1. The lowest BCUT2D eigenvalue weighted by atomic mass is 10.3. The first-order valence-corrected chi connectivity index (χ1v) is 4.36. The fraction of sp³-hybridized carbons (Fsp3) is 0.222. The van der Waals surface area contributed by atoms with E-state index in [9.17, 15) is 14.9 Å². The summed E-state index contributed by atoms with van der Waals surface area (Å²) in [5.74, 6) is -0.0482. The quantitative estimate of drug-likeness (QED) is 0.365. The van der Waals surface area contributed by atoms with Crippen molar-refractivity contribution in [1.82, 2.24) is 0 Å². The summed E-state index contributed by atoms with van der Waals surface area (Å²) in [4.78, 5) is 20.2. The summed E-state index contributed by atoms with van der Waals surface area (Å²) in [6.45, 7) is 1.96. The van der Waals surface area contributed by atoms with Crippen molar-refractivity contribution in [2.75, 3.05) is 6.61 Å². The Morgan fingerprint density at radius 1 is 1.56 bits per heavy atom. The molecule has 0 atom stereocenters. The van der Waals surface area contributed by atoms with E-state index in [1.165, 1.54) is 12.1 Å². The first-order valence-electron chi connectivity index (χ1n) is 4.36. The monoisotopic (exact) mass is 227 g/mol. The van der Waals surface area contributed by atoms with Crippen molar-refractivity contribution in [2.45, 2.75) is 6.92 Å². The molecule has 1 aromatic carbocycles. The van der Waals surface area contributed by atoms with Crippen molar-refractivity contribution in [3.8, 4) is 11.5 Å². The fourth-order valence-corrected chi connectivity index (χ4v) is 1.08. The molecule has 0 saturated carbocycles. The van der Waals surface area contributed by atoms with Crippen LogP contribution in [0.4, 0.5) is 10.5 Å². The maximum Gasteiger partial charge on any atom is 0.511 e. The first-order chi connectivity index (χ1) is 7.54. The molecule has 1 N–H and O–H groups in total. The molecule has 0 heterocycles. The van der Waals surface area contributed by atoms with Gasteiger partial charge in [-0.15, -0.1) is 0 Å². The highest BCUT2D eigenvalue weighted by atomic mass is 16.7. The van der Waals surface area contributed by atoms with Crippen LogP contribution in [0.25, 0.3) is 0 Å². The largest absolute Gasteiger partial charge is 0.511 e. The van der Waals surface area contributed by atoms with Gasteiger partial charge in [0.25, 0.3) is 0 Å². The van der Waals surface area contributed by atoms with Crippen LogP contribution in [0.5, 0.6) is 11.5 Å². The number of benzene rings is 1. The number of hydrogen-bond donors (Lipinski definition) is 1. The molecule has 7 nitrogen and oxygen atoms in total. The maximum atomic E-state index is 10.7. The molecule has 0 bridgehead atoms. The highest BCUT2D eigenvalue weighted by Gasteiger charge is 2.17. The van der Waals surface area contributed by atoms with E-state index < -0.39 is 11.1 Å². The van der Waals surface area contributed by atoms with Gasteiger partial charge in [0, 0.05) is 0 Å². The second-order valence-corrected chi connectivity index (χ2v) is 2.69. The van der Waals surface area contributed by atoms with E-state index in [1.54, 1.807) is 6.92 Å². The number of carbonyl (C=O) groups is 1. The third-order valence-corrected chi connectivity index (χ3v) is 1.63. The topological polar surface area (TPSA) is 98.9 Å². The van der Waals surface area contributed by atoms with E-state index >= 15 is 0 Å². The van der Waals surface area contributed by atoms with Gasteiger partial charge in [0.2, 0.25) is 0 Å². The molecule has 7 heteroatoms. The minimum Gasteiger partial charge on any atom is -0.487 e. The molecule has 1 rings (SSSR count). The van der Waals surface area contributed by atoms with Gasteiger partial charge in [-0.2, -0.15) is 0 Å². The molecule has 0 radical (unpaired) electrons. The summed E-state index contributed by atoms with van der Waals surface area (Å²) in [7, 11) is 0. The van der Waals surface area contributed by atoms with Crippen LogP contribution in [0.1, 0.15) is 6.92 Å². The molecule has 0 fully saturated rings. The minimum absolute atomic E-state index is 0.0743. The third kappa shape index (κ3) is 2.84. The Morgan fingerprint density at radius 3 is 2.75 bits per heavy atom. The van der Waals surface area contributed by atoms with Gasteiger partial charge in [-0.25, -0.2) is 4.79 Å². The number of ether oxygens (including phenoxy) is 2. The molecule has 0 aliphatic carbocycles. The normalized spacial score (nSPS) is 9.56. The van der Waals surface area contributed by atoms with Gasteiger partial charge < -0.3 is 14.6 Å². The zero-order valence-corrected chi connectivity index (χ0v) is 8.37. The van der Waals surface area contributed by atoms with Crippen LogP contribution in [0.3, 0.4) is 0 Å². The Balaban J connectivity index is 3.06. The first kappa shape index (κ1) is 11.8. The van der Waals surface area contributed by atoms with Crippen LogP contribution in [0.2, 0.25) is 0 Å². The Hall–Kier alpha value is -2.31. The average molecular weight is 227 g/mol. The van der Waals surface area contributed by atoms with E-state index in [1.807, 2.05) is 0 Å². The van der Waals surface area contributed by atoms with Gasteiger partial charge in [0.1, 0.15) is 5.75 Å². The molecule has 0 amide bonds. The Kier molecular flexibility index (Phi) is 3.65. The van der Waals surface area contributed by atoms with E-state index in [4.69, 9.17) is 9.84 Å². The number of nitro groups is 1. The number of hydrogen-bond acceptors (Lipinski definition) is 5. The van der Waals surface area contributed by atoms with Crippen molar-refractivity contribution in [3.63, 3.8) is 0 Å². The molecular weight excluding hydrogens is 218 g/mol. The summed E-state index contributed by atoms with van der Waals surface area (Å²) in [6, 6.07) is 3.57. The molecule has 0 saturated heterocycles. The molecule has 86 valence electrons. The highest BCUT2D eigenvalue weighted by Crippen LogP contribution is 2.31. The van der Waals surface area contributed by atoms with Gasteiger partial charge in [-0.3, -0.25) is 10.1 Å². The summed E-state index contributed by atoms with van der Waals surface area (Å²) < 4.78 is 9.31. The molecule has 0 aromatic heterocycles. The van der Waals surface area contributed by atoms with E-state index in [0.29, 0.717) is 0 Å². The average Bonchev–Trinajstić information content (AvgIpc) is 2.19. The Bertz CT molecular complexity index is 416. The van der Waals surface area contributed by atoms with Crippen LogP contribution in [0.15, 0.2) is 18.2 Å². The van der Waals surface area contributed by atoms with Gasteiger partial charge in [0.05, 0.1) is 17.6 Å². The van der Waals surface area contributed by atoms with Crippen LogP contribution in [-0.4, -0.2) is 22.8 Å². The molecule has 0 spiro atoms. The van der Waals surface area contributed by atoms with Crippen molar-refractivity contribution < 1.29 is 24.3 Å². The van der Waals surface area contributed by atoms with Crippen molar-refractivity contribution in [1.29, 1.82) is 0 Å². The molecule has 0 aliphatic heterocycles. The van der Waals surface area contributed by atoms with Crippen molar-refractivity contribution >= 4 is 11.8 Å². The van der Waals surface area contributed by atoms with E-state index in [-0.39, 0.29) is 23.8 Å². The predicted octanol–water partition coefficient (Wildman–Crippen LogP) is 2.05. The smallest absolute Gasteiger partial charge is 0.487 e. The standard InChI is InChI=1S/C9H9NO6/c1-2-15-8-4-3-6(16-9(11)12)5-7(8)10(13)14/h3-5H,2H2,1H3,(H,11,12). The maximum absolute atomic E-state index is 10.7. The lowest BCUT2D eigenvalue weighted by Gasteiger charge is -2.05. The summed E-state index contributed by atoms with van der Waals surface area (Å²) in [6.07, 6.45) is -1.53. The minimum atomic E-state index is -1.53.